The van der Waals surface area contributed by atoms with E-state index >= 15 is 0 Å². The molecule has 1 unspecified atom stereocenters. The number of benzene rings is 2. The van der Waals surface area contributed by atoms with Gasteiger partial charge in [0.15, 0.2) is 0 Å². The molecule has 0 spiro atoms. The number of hydrazine groups is 1. The first-order valence-electron chi connectivity index (χ1n) is 5.42. The molecule has 1 atom stereocenters. The molecule has 2 nitrogen and oxygen atoms in total. The van der Waals surface area contributed by atoms with E-state index in [2.05, 4.69) is 58.3 Å². The van der Waals surface area contributed by atoms with Crippen LogP contribution in [0.3, 0.4) is 0 Å². The predicted octanol–water partition coefficient (Wildman–Crippen LogP) is 3.68. The summed E-state index contributed by atoms with van der Waals surface area (Å²) >= 11 is 3.47. The lowest BCUT2D eigenvalue weighted by Gasteiger charge is -2.16. The van der Waals surface area contributed by atoms with E-state index in [1.165, 1.54) is 10.8 Å². The van der Waals surface area contributed by atoms with E-state index in [1.807, 2.05) is 13.0 Å². The van der Waals surface area contributed by atoms with Gasteiger partial charge in [-0.1, -0.05) is 46.3 Å². The van der Waals surface area contributed by atoms with E-state index in [4.69, 9.17) is 5.84 Å². The van der Waals surface area contributed by atoms with Crippen molar-refractivity contribution >= 4 is 26.7 Å². The Morgan fingerprint density at radius 2 is 1.88 bits per heavy atom. The van der Waals surface area contributed by atoms with Gasteiger partial charge in [-0.25, -0.2) is 5.43 Å². The fourth-order valence-corrected chi connectivity index (χ4v) is 2.32. The maximum absolute atomic E-state index is 5.56. The summed E-state index contributed by atoms with van der Waals surface area (Å²) in [5.41, 5.74) is 4.92. The molecule has 0 fully saturated rings. The standard InChI is InChI=1S/C14H15BrN2/c1-9(2)14(17-16)12-4-3-11-8-13(15)6-5-10(11)7-12/h3-8,14,17H,1,16H2,2H3. The van der Waals surface area contributed by atoms with Crippen LogP contribution in [0.15, 0.2) is 53.0 Å². The number of nitrogens with one attached hydrogen (secondary N) is 1. The zero-order valence-corrected chi connectivity index (χ0v) is 11.3. The monoisotopic (exact) mass is 290 g/mol. The molecule has 2 rings (SSSR count). The fraction of sp³-hybridized carbons (Fsp3) is 0.143. The third-order valence-corrected chi connectivity index (χ3v) is 3.31. The molecule has 0 aliphatic carbocycles. The van der Waals surface area contributed by atoms with Gasteiger partial charge < -0.3 is 0 Å². The van der Waals surface area contributed by atoms with E-state index in [1.54, 1.807) is 0 Å². The van der Waals surface area contributed by atoms with Crippen molar-refractivity contribution in [2.45, 2.75) is 13.0 Å². The molecule has 88 valence electrons. The summed E-state index contributed by atoms with van der Waals surface area (Å²) < 4.78 is 1.09. The van der Waals surface area contributed by atoms with Crippen LogP contribution in [0, 0.1) is 0 Å². The normalized spacial score (nSPS) is 12.6. The highest BCUT2D eigenvalue weighted by atomic mass is 79.9. The van der Waals surface area contributed by atoms with Crippen LogP contribution < -0.4 is 11.3 Å². The smallest absolute Gasteiger partial charge is 0.0664 e. The number of fused-ring (bicyclic) bond motifs is 1. The Balaban J connectivity index is 2.50. The fourth-order valence-electron chi connectivity index (χ4n) is 1.94. The molecular formula is C14H15BrN2. The summed E-state index contributed by atoms with van der Waals surface area (Å²) in [7, 11) is 0. The van der Waals surface area contributed by atoms with Crippen molar-refractivity contribution in [3.05, 3.63) is 58.6 Å². The third kappa shape index (κ3) is 2.57. The largest absolute Gasteiger partial charge is 0.271 e. The first-order valence-corrected chi connectivity index (χ1v) is 6.22. The highest BCUT2D eigenvalue weighted by molar-refractivity contribution is 9.10. The number of hydrogen-bond acceptors (Lipinski definition) is 2. The molecule has 0 saturated heterocycles. The van der Waals surface area contributed by atoms with E-state index in [-0.39, 0.29) is 6.04 Å². The Labute approximate surface area is 110 Å². The number of rotatable bonds is 3. The highest BCUT2D eigenvalue weighted by Gasteiger charge is 2.10. The van der Waals surface area contributed by atoms with Crippen LogP contribution in [0.4, 0.5) is 0 Å². The second-order valence-corrected chi connectivity index (χ2v) is 5.11. The minimum absolute atomic E-state index is 0.00282. The first-order chi connectivity index (χ1) is 8.11. The lowest BCUT2D eigenvalue weighted by Crippen LogP contribution is -2.28. The van der Waals surface area contributed by atoms with Gasteiger partial charge in [-0.2, -0.15) is 0 Å². The predicted molar refractivity (Wildman–Crippen MR) is 76.5 cm³/mol. The van der Waals surface area contributed by atoms with Gasteiger partial charge in [-0.15, -0.1) is 0 Å². The van der Waals surface area contributed by atoms with Crippen molar-refractivity contribution in [3.8, 4) is 0 Å². The zero-order chi connectivity index (χ0) is 12.4. The minimum atomic E-state index is 0.00282. The van der Waals surface area contributed by atoms with Gasteiger partial charge in [0.05, 0.1) is 6.04 Å². The topological polar surface area (TPSA) is 38.0 Å². The van der Waals surface area contributed by atoms with E-state index in [9.17, 15) is 0 Å². The van der Waals surface area contributed by atoms with E-state index in [0.29, 0.717) is 0 Å². The summed E-state index contributed by atoms with van der Waals surface area (Å²) in [6, 6.07) is 12.6. The van der Waals surface area contributed by atoms with Crippen LogP contribution in [0.25, 0.3) is 10.8 Å². The van der Waals surface area contributed by atoms with Crippen molar-refractivity contribution in [1.29, 1.82) is 0 Å². The van der Waals surface area contributed by atoms with E-state index < -0.39 is 0 Å². The molecule has 2 aromatic carbocycles. The maximum atomic E-state index is 5.56. The summed E-state index contributed by atoms with van der Waals surface area (Å²) in [5.74, 6) is 5.56. The quantitative estimate of drug-likeness (QED) is 0.514. The second kappa shape index (κ2) is 5.00. The Bertz CT molecular complexity index is 563. The molecule has 0 radical (unpaired) electrons. The molecule has 17 heavy (non-hydrogen) atoms. The van der Waals surface area contributed by atoms with Crippen LogP contribution in [0.2, 0.25) is 0 Å². The molecule has 0 saturated carbocycles. The molecule has 0 aliphatic heterocycles. The van der Waals surface area contributed by atoms with Crippen molar-refractivity contribution in [1.82, 2.24) is 5.43 Å². The lowest BCUT2D eigenvalue weighted by atomic mass is 9.98. The Hall–Kier alpha value is -1.16. The van der Waals surface area contributed by atoms with Crippen molar-refractivity contribution in [2.75, 3.05) is 0 Å². The molecule has 2 aromatic rings. The van der Waals surface area contributed by atoms with Crippen LogP contribution in [0.5, 0.6) is 0 Å². The molecule has 3 N–H and O–H groups in total. The second-order valence-electron chi connectivity index (χ2n) is 4.20. The molecule has 0 amide bonds. The maximum Gasteiger partial charge on any atom is 0.0664 e. The molecular weight excluding hydrogens is 276 g/mol. The van der Waals surface area contributed by atoms with Crippen LogP contribution in [0.1, 0.15) is 18.5 Å². The van der Waals surface area contributed by atoms with Crippen molar-refractivity contribution in [3.63, 3.8) is 0 Å². The SMILES string of the molecule is C=C(C)C(NN)c1ccc2cc(Br)ccc2c1. The molecule has 0 bridgehead atoms. The summed E-state index contributed by atoms with van der Waals surface area (Å²) in [6.45, 7) is 5.92. The van der Waals surface area contributed by atoms with Gasteiger partial charge in [0.2, 0.25) is 0 Å². The van der Waals surface area contributed by atoms with Crippen LogP contribution in [-0.4, -0.2) is 0 Å². The molecule has 0 aliphatic rings. The van der Waals surface area contributed by atoms with Gasteiger partial charge in [0, 0.05) is 4.47 Å². The van der Waals surface area contributed by atoms with Crippen molar-refractivity contribution in [2.24, 2.45) is 5.84 Å². The summed E-state index contributed by atoms with van der Waals surface area (Å²) in [5, 5.41) is 2.41. The lowest BCUT2D eigenvalue weighted by molar-refractivity contribution is 0.628. The Kier molecular flexibility index (Phi) is 3.62. The Morgan fingerprint density at radius 3 is 2.53 bits per heavy atom. The van der Waals surface area contributed by atoms with Gasteiger partial charge in [0.25, 0.3) is 0 Å². The number of halogens is 1. The van der Waals surface area contributed by atoms with E-state index in [0.717, 1.165) is 15.6 Å². The Morgan fingerprint density at radius 1 is 1.24 bits per heavy atom. The molecule has 3 heteroatoms. The average Bonchev–Trinajstić information content (AvgIpc) is 2.29. The minimum Gasteiger partial charge on any atom is -0.271 e. The van der Waals surface area contributed by atoms with Gasteiger partial charge in [0.1, 0.15) is 0 Å². The van der Waals surface area contributed by atoms with Gasteiger partial charge in [-0.3, -0.25) is 5.84 Å². The molecule has 0 aromatic heterocycles. The number of nitrogens with two attached hydrogens (primary N) is 1. The highest BCUT2D eigenvalue weighted by Crippen LogP contribution is 2.25. The summed E-state index contributed by atoms with van der Waals surface area (Å²) in [6.07, 6.45) is 0. The number of hydrogen-bond donors (Lipinski definition) is 2. The van der Waals surface area contributed by atoms with Crippen LogP contribution >= 0.6 is 15.9 Å². The summed E-state index contributed by atoms with van der Waals surface area (Å²) in [4.78, 5) is 0. The molecule has 0 heterocycles. The first kappa shape index (κ1) is 12.3. The van der Waals surface area contributed by atoms with Gasteiger partial charge in [-0.05, 0) is 41.5 Å². The zero-order valence-electron chi connectivity index (χ0n) is 9.70. The van der Waals surface area contributed by atoms with Crippen LogP contribution in [-0.2, 0) is 0 Å². The van der Waals surface area contributed by atoms with Gasteiger partial charge >= 0.3 is 0 Å². The average molecular weight is 291 g/mol. The third-order valence-electron chi connectivity index (χ3n) is 2.82. The van der Waals surface area contributed by atoms with Crippen molar-refractivity contribution < 1.29 is 0 Å².